The quantitative estimate of drug-likeness (QED) is 0.328. The highest BCUT2D eigenvalue weighted by Crippen LogP contribution is 2.28. The maximum Gasteiger partial charge on any atom is 0.321 e. The molecular weight excluding hydrogens is 581 g/mol. The molecule has 0 radical (unpaired) electrons. The smallest absolute Gasteiger partial charge is 0.321 e. The fraction of sp³-hybridized carbons (Fsp3) is 0.545. The molecule has 2 aromatic carbocycles. The number of likely N-dealkylation sites (N-methyl/N-ethyl adjacent to an activating group) is 1. The van der Waals surface area contributed by atoms with Crippen LogP contribution in [-0.4, -0.2) is 90.5 Å². The highest BCUT2D eigenvalue weighted by molar-refractivity contribution is 5.99. The number of fused-ring (bicyclic) bond motifs is 1. The number of carbonyl (C=O) groups excluding carboxylic acids is 3. The molecule has 0 bridgehead atoms. The molecule has 0 saturated heterocycles. The molecule has 1 heterocycles. The molecule has 0 fully saturated rings. The number of amides is 5. The number of hydrogen-bond acceptors (Lipinski definition) is 6. The Kier molecular flexibility index (Phi) is 13.4. The summed E-state index contributed by atoms with van der Waals surface area (Å²) in [6.45, 7) is 9.99. The fourth-order valence-electron chi connectivity index (χ4n) is 5.00. The van der Waals surface area contributed by atoms with Gasteiger partial charge in [0.1, 0.15) is 11.6 Å². The van der Waals surface area contributed by atoms with E-state index in [1.54, 1.807) is 37.1 Å². The van der Waals surface area contributed by atoms with Crippen LogP contribution >= 0.6 is 0 Å². The second-order valence-corrected chi connectivity index (χ2v) is 12.1. The molecule has 5 amide bonds. The first kappa shape index (κ1) is 35.6. The van der Waals surface area contributed by atoms with Crippen LogP contribution < -0.4 is 20.7 Å². The molecule has 3 rings (SSSR count). The van der Waals surface area contributed by atoms with Crippen molar-refractivity contribution in [1.82, 2.24) is 15.1 Å². The summed E-state index contributed by atoms with van der Waals surface area (Å²) < 4.78 is 25.9. The Balaban J connectivity index is 1.88. The SMILES string of the molecule is CC(C)NC(=O)Nc1ccc2c(c1)C(=O)N([C@@H](C)CO)C[C@H](C)[C@@H](CN(C)C(=O)Nc1ccc(F)cc1)OCCCC[C@H](C)O2. The molecule has 45 heavy (non-hydrogen) atoms. The van der Waals surface area contributed by atoms with Gasteiger partial charge in [-0.2, -0.15) is 0 Å². The van der Waals surface area contributed by atoms with Crippen molar-refractivity contribution in [2.24, 2.45) is 5.92 Å². The van der Waals surface area contributed by atoms with E-state index in [1.165, 1.54) is 29.2 Å². The van der Waals surface area contributed by atoms with Gasteiger partial charge in [-0.15, -0.1) is 0 Å². The van der Waals surface area contributed by atoms with Crippen molar-refractivity contribution < 1.29 is 33.4 Å². The average Bonchev–Trinajstić information content (AvgIpc) is 2.99. The Morgan fingerprint density at radius 3 is 2.42 bits per heavy atom. The number of rotatable bonds is 7. The van der Waals surface area contributed by atoms with Crippen molar-refractivity contribution >= 4 is 29.3 Å². The van der Waals surface area contributed by atoms with Gasteiger partial charge < -0.3 is 40.3 Å². The molecule has 0 aromatic heterocycles. The lowest BCUT2D eigenvalue weighted by molar-refractivity contribution is -0.0115. The van der Waals surface area contributed by atoms with E-state index < -0.39 is 24.0 Å². The predicted molar refractivity (Wildman–Crippen MR) is 172 cm³/mol. The van der Waals surface area contributed by atoms with E-state index in [2.05, 4.69) is 16.0 Å². The van der Waals surface area contributed by atoms with Crippen LogP contribution in [0.25, 0.3) is 0 Å². The highest BCUT2D eigenvalue weighted by Gasteiger charge is 2.31. The molecule has 0 saturated carbocycles. The topological polar surface area (TPSA) is 132 Å². The first-order chi connectivity index (χ1) is 21.4. The molecule has 4 atom stereocenters. The molecule has 0 unspecified atom stereocenters. The third-order valence-corrected chi connectivity index (χ3v) is 7.63. The van der Waals surface area contributed by atoms with E-state index in [9.17, 15) is 23.9 Å². The standard InChI is InChI=1S/C33H48FN5O6/c1-21(2)35-32(42)36-27-14-15-29-28(17-27)31(41)39(23(4)20-40)18-22(3)30(44-16-8-7-9-24(5)45-29)19-38(6)33(43)37-26-12-10-25(34)11-13-26/h10-15,17,21-24,30,40H,7-9,16,18-20H2,1-6H3,(H,37,43)(H2,35,36,42)/t22-,23-,24-,30+/m0/s1. The molecule has 4 N–H and O–H groups in total. The van der Waals surface area contributed by atoms with Crippen molar-refractivity contribution in [3.8, 4) is 5.75 Å². The van der Waals surface area contributed by atoms with Gasteiger partial charge >= 0.3 is 12.1 Å². The molecule has 11 nitrogen and oxygen atoms in total. The fourth-order valence-corrected chi connectivity index (χ4v) is 5.00. The van der Waals surface area contributed by atoms with E-state index >= 15 is 0 Å². The third-order valence-electron chi connectivity index (χ3n) is 7.63. The number of benzene rings is 2. The van der Waals surface area contributed by atoms with Gasteiger partial charge in [-0.25, -0.2) is 14.0 Å². The van der Waals surface area contributed by atoms with Crippen molar-refractivity contribution in [3.63, 3.8) is 0 Å². The number of halogens is 1. The number of anilines is 2. The van der Waals surface area contributed by atoms with Gasteiger partial charge in [0.2, 0.25) is 0 Å². The number of aliphatic hydroxyl groups excluding tert-OH is 1. The summed E-state index contributed by atoms with van der Waals surface area (Å²) in [6.07, 6.45) is 1.71. The van der Waals surface area contributed by atoms with Crippen LogP contribution in [0.5, 0.6) is 5.75 Å². The van der Waals surface area contributed by atoms with Gasteiger partial charge in [-0.3, -0.25) is 4.79 Å². The third kappa shape index (κ3) is 10.9. The summed E-state index contributed by atoms with van der Waals surface area (Å²) in [5, 5.41) is 18.5. The van der Waals surface area contributed by atoms with Gasteiger partial charge in [0.05, 0.1) is 30.4 Å². The van der Waals surface area contributed by atoms with Gasteiger partial charge in [0.25, 0.3) is 5.91 Å². The van der Waals surface area contributed by atoms with Crippen LogP contribution in [0.1, 0.15) is 64.2 Å². The molecule has 1 aliphatic rings. The molecule has 1 aliphatic heterocycles. The number of nitrogens with zero attached hydrogens (tertiary/aromatic N) is 2. The van der Waals surface area contributed by atoms with Crippen LogP contribution in [0, 0.1) is 11.7 Å². The number of aliphatic hydroxyl groups is 1. The number of ether oxygens (including phenoxy) is 2. The lowest BCUT2D eigenvalue weighted by Crippen LogP contribution is -2.48. The molecular formula is C33H48FN5O6. The van der Waals surface area contributed by atoms with Gasteiger partial charge in [0, 0.05) is 50.1 Å². The van der Waals surface area contributed by atoms with Crippen molar-refractivity contribution in [1.29, 1.82) is 0 Å². The van der Waals surface area contributed by atoms with Crippen LogP contribution in [0.4, 0.5) is 25.4 Å². The second kappa shape index (κ2) is 17.0. The largest absolute Gasteiger partial charge is 0.490 e. The Labute approximate surface area is 265 Å². The Hall–Kier alpha value is -3.90. The minimum absolute atomic E-state index is 0.0707. The first-order valence-electron chi connectivity index (χ1n) is 15.6. The van der Waals surface area contributed by atoms with Crippen molar-refractivity contribution in [3.05, 3.63) is 53.8 Å². The van der Waals surface area contributed by atoms with Crippen LogP contribution in [0.2, 0.25) is 0 Å². The predicted octanol–water partition coefficient (Wildman–Crippen LogP) is 5.32. The summed E-state index contributed by atoms with van der Waals surface area (Å²) in [5.41, 5.74) is 1.16. The summed E-state index contributed by atoms with van der Waals surface area (Å²) in [6, 6.07) is 9.12. The van der Waals surface area contributed by atoms with Gasteiger partial charge in [0.15, 0.2) is 0 Å². The number of urea groups is 2. The number of nitrogens with one attached hydrogen (secondary N) is 3. The summed E-state index contributed by atoms with van der Waals surface area (Å²) in [7, 11) is 1.65. The van der Waals surface area contributed by atoms with Crippen LogP contribution in [0.3, 0.4) is 0 Å². The van der Waals surface area contributed by atoms with E-state index in [4.69, 9.17) is 9.47 Å². The summed E-state index contributed by atoms with van der Waals surface area (Å²) >= 11 is 0. The Bertz CT molecular complexity index is 1280. The molecule has 0 aliphatic carbocycles. The number of carbonyl (C=O) groups is 3. The van der Waals surface area contributed by atoms with E-state index in [0.717, 1.165) is 19.3 Å². The highest BCUT2D eigenvalue weighted by atomic mass is 19.1. The lowest BCUT2D eigenvalue weighted by Gasteiger charge is -2.35. The minimum atomic E-state index is -0.542. The lowest BCUT2D eigenvalue weighted by atomic mass is 10.0. The summed E-state index contributed by atoms with van der Waals surface area (Å²) in [5.74, 6) is -0.607. The first-order valence-corrected chi connectivity index (χ1v) is 15.6. The Morgan fingerprint density at radius 2 is 1.76 bits per heavy atom. The van der Waals surface area contributed by atoms with E-state index in [1.807, 2.05) is 27.7 Å². The second-order valence-electron chi connectivity index (χ2n) is 12.1. The zero-order valence-corrected chi connectivity index (χ0v) is 27.1. The van der Waals surface area contributed by atoms with Crippen molar-refractivity contribution in [2.75, 3.05) is 44.0 Å². The van der Waals surface area contributed by atoms with E-state index in [0.29, 0.717) is 23.7 Å². The Morgan fingerprint density at radius 1 is 1.07 bits per heavy atom. The zero-order valence-electron chi connectivity index (χ0n) is 27.1. The average molecular weight is 630 g/mol. The maximum absolute atomic E-state index is 14.2. The van der Waals surface area contributed by atoms with Crippen LogP contribution in [-0.2, 0) is 4.74 Å². The molecule has 2 aromatic rings. The minimum Gasteiger partial charge on any atom is -0.490 e. The number of hydrogen-bond donors (Lipinski definition) is 4. The monoisotopic (exact) mass is 629 g/mol. The maximum atomic E-state index is 14.2. The normalized spacial score (nSPS) is 20.3. The molecule has 248 valence electrons. The van der Waals surface area contributed by atoms with E-state index in [-0.39, 0.29) is 55.3 Å². The molecule has 0 spiro atoms. The zero-order chi connectivity index (χ0) is 33.1. The van der Waals surface area contributed by atoms with Crippen LogP contribution in [0.15, 0.2) is 42.5 Å². The molecule has 12 heteroatoms. The summed E-state index contributed by atoms with van der Waals surface area (Å²) in [4.78, 5) is 42.7. The van der Waals surface area contributed by atoms with Gasteiger partial charge in [-0.05, 0) is 89.4 Å². The van der Waals surface area contributed by atoms with Crippen molar-refractivity contribution in [2.45, 2.75) is 78.2 Å². The van der Waals surface area contributed by atoms with Gasteiger partial charge in [-0.1, -0.05) is 6.92 Å².